The maximum absolute atomic E-state index is 12.9. The van der Waals surface area contributed by atoms with Gasteiger partial charge in [0.15, 0.2) is 5.96 Å². The van der Waals surface area contributed by atoms with Crippen LogP contribution in [0.15, 0.2) is 72.8 Å². The Kier molecular flexibility index (Phi) is 5.84. The summed E-state index contributed by atoms with van der Waals surface area (Å²) in [5.74, 6) is -0.264. The number of nitrogens with zero attached hydrogens (tertiary/aromatic N) is 1. The van der Waals surface area contributed by atoms with Gasteiger partial charge < -0.3 is 15.6 Å². The highest BCUT2D eigenvalue weighted by Gasteiger charge is 2.45. The molecule has 7 nitrogen and oxygen atoms in total. The molecule has 0 bridgehead atoms. The van der Waals surface area contributed by atoms with Crippen molar-refractivity contribution in [3.05, 3.63) is 93.2 Å². The second-order valence-corrected chi connectivity index (χ2v) is 10.0. The fourth-order valence-corrected chi connectivity index (χ4v) is 4.93. The lowest BCUT2D eigenvalue weighted by molar-refractivity contribution is -0.129. The van der Waals surface area contributed by atoms with E-state index < -0.39 is 5.54 Å². The summed E-state index contributed by atoms with van der Waals surface area (Å²) in [6.07, 6.45) is 0. The van der Waals surface area contributed by atoms with Gasteiger partial charge in [-0.1, -0.05) is 42.5 Å². The molecule has 5 rings (SSSR count). The van der Waals surface area contributed by atoms with Gasteiger partial charge in [0.05, 0.1) is 0 Å². The van der Waals surface area contributed by atoms with Crippen molar-refractivity contribution in [3.8, 4) is 11.1 Å². The largest absolute Gasteiger partial charge is 0.351 e. The van der Waals surface area contributed by atoms with Crippen LogP contribution in [0.5, 0.6) is 0 Å². The second kappa shape index (κ2) is 8.84. The van der Waals surface area contributed by atoms with E-state index in [2.05, 4.69) is 44.3 Å². The summed E-state index contributed by atoms with van der Waals surface area (Å²) >= 11 is 2.27. The molecule has 1 aliphatic rings. The molecule has 0 saturated carbocycles. The van der Waals surface area contributed by atoms with E-state index in [9.17, 15) is 9.59 Å². The lowest BCUT2D eigenvalue weighted by Crippen LogP contribution is -2.40. The molecule has 1 atom stereocenters. The molecular weight excluding hydrogens is 553 g/mol. The summed E-state index contributed by atoms with van der Waals surface area (Å²) in [4.78, 5) is 30.2. The van der Waals surface area contributed by atoms with Gasteiger partial charge in [0.1, 0.15) is 11.2 Å². The van der Waals surface area contributed by atoms with Crippen LogP contribution < -0.4 is 10.6 Å². The second-order valence-electron chi connectivity index (χ2n) is 8.80. The van der Waals surface area contributed by atoms with Crippen molar-refractivity contribution in [2.75, 3.05) is 7.05 Å². The van der Waals surface area contributed by atoms with E-state index in [4.69, 9.17) is 5.41 Å². The van der Waals surface area contributed by atoms with Gasteiger partial charge in [0, 0.05) is 28.1 Å². The Balaban J connectivity index is 1.43. The SMILES string of the molecule is CN1C(=N)NC(C)(c2cccc(-c3cc(I)ccc3CNC(=O)c3cc4ccccc4[nH]3)c2)C1=O. The highest BCUT2D eigenvalue weighted by molar-refractivity contribution is 14.1. The topological polar surface area (TPSA) is 101 Å². The summed E-state index contributed by atoms with van der Waals surface area (Å²) in [5, 5.41) is 15.1. The standard InChI is InChI=1S/C27H24IN5O2/c1-27(25(35)33(2)26(29)32-27)19-8-5-7-16(12-19)21-14-20(28)11-10-18(21)15-30-24(34)23-13-17-6-3-4-9-22(17)31-23/h3-14,31H,15H2,1-2H3,(H2,29,32)(H,30,34). The van der Waals surface area contributed by atoms with Gasteiger partial charge in [-0.2, -0.15) is 0 Å². The van der Waals surface area contributed by atoms with E-state index in [1.807, 2.05) is 66.7 Å². The molecule has 1 saturated heterocycles. The zero-order valence-electron chi connectivity index (χ0n) is 19.3. The molecule has 0 spiro atoms. The molecule has 1 fully saturated rings. The molecule has 3 aromatic carbocycles. The average Bonchev–Trinajstić information content (AvgIpc) is 3.39. The lowest BCUT2D eigenvalue weighted by Gasteiger charge is -2.23. The molecule has 8 heteroatoms. The highest BCUT2D eigenvalue weighted by Crippen LogP contribution is 2.33. The quantitative estimate of drug-likeness (QED) is 0.261. The predicted molar refractivity (Wildman–Crippen MR) is 145 cm³/mol. The first-order valence-electron chi connectivity index (χ1n) is 11.2. The van der Waals surface area contributed by atoms with E-state index in [1.165, 1.54) is 4.90 Å². The predicted octanol–water partition coefficient (Wildman–Crippen LogP) is 4.58. The normalized spacial score (nSPS) is 17.6. The first kappa shape index (κ1) is 23.1. The number of guanidine groups is 1. The van der Waals surface area contributed by atoms with Crippen LogP contribution in [-0.4, -0.2) is 34.7 Å². The van der Waals surface area contributed by atoms with Crippen molar-refractivity contribution in [1.82, 2.24) is 20.5 Å². The van der Waals surface area contributed by atoms with Crippen molar-refractivity contribution < 1.29 is 9.59 Å². The average molecular weight is 577 g/mol. The summed E-state index contributed by atoms with van der Waals surface area (Å²) in [6, 6.07) is 23.5. The first-order valence-corrected chi connectivity index (χ1v) is 12.2. The number of carbonyl (C=O) groups is 2. The molecule has 0 aliphatic carbocycles. The molecular formula is C27H24IN5O2. The van der Waals surface area contributed by atoms with Crippen LogP contribution in [0.4, 0.5) is 0 Å². The van der Waals surface area contributed by atoms with Crippen LogP contribution in [0.3, 0.4) is 0 Å². The number of aromatic amines is 1. The van der Waals surface area contributed by atoms with Crippen LogP contribution in [0, 0.1) is 8.98 Å². The number of halogens is 1. The third-order valence-corrected chi connectivity index (χ3v) is 7.14. The van der Waals surface area contributed by atoms with Gasteiger partial charge in [-0.15, -0.1) is 0 Å². The molecule has 4 aromatic rings. The molecule has 176 valence electrons. The number of fused-ring (bicyclic) bond motifs is 1. The van der Waals surface area contributed by atoms with Crippen LogP contribution in [0.2, 0.25) is 0 Å². The number of hydrogen-bond donors (Lipinski definition) is 4. The number of H-pyrrole nitrogens is 1. The van der Waals surface area contributed by atoms with Crippen molar-refractivity contribution in [2.24, 2.45) is 0 Å². The number of likely N-dealkylation sites (N-methyl/N-ethyl adjacent to an activating group) is 1. The Hall–Kier alpha value is -3.66. The van der Waals surface area contributed by atoms with E-state index >= 15 is 0 Å². The summed E-state index contributed by atoms with van der Waals surface area (Å²) in [5.41, 5.74) is 4.10. The molecule has 0 radical (unpaired) electrons. The number of nitrogens with one attached hydrogen (secondary N) is 4. The van der Waals surface area contributed by atoms with Crippen molar-refractivity contribution in [2.45, 2.75) is 19.0 Å². The zero-order valence-corrected chi connectivity index (χ0v) is 21.4. The maximum atomic E-state index is 12.9. The third kappa shape index (κ3) is 4.18. The van der Waals surface area contributed by atoms with Gasteiger partial charge in [-0.05, 0) is 82.1 Å². The van der Waals surface area contributed by atoms with Gasteiger partial charge >= 0.3 is 0 Å². The lowest BCUT2D eigenvalue weighted by atomic mass is 9.88. The van der Waals surface area contributed by atoms with E-state index in [1.54, 1.807) is 14.0 Å². The van der Waals surface area contributed by atoms with Crippen molar-refractivity contribution >= 4 is 51.3 Å². The van der Waals surface area contributed by atoms with Crippen LogP contribution in [0.1, 0.15) is 28.5 Å². The molecule has 2 amide bonds. The van der Waals surface area contributed by atoms with Gasteiger partial charge in [-0.25, -0.2) is 0 Å². The smallest absolute Gasteiger partial charge is 0.267 e. The van der Waals surface area contributed by atoms with E-state index in [0.717, 1.165) is 36.7 Å². The maximum Gasteiger partial charge on any atom is 0.267 e. The Morgan fingerprint density at radius 3 is 2.63 bits per heavy atom. The minimum absolute atomic E-state index is 0.0811. The van der Waals surface area contributed by atoms with E-state index in [-0.39, 0.29) is 17.8 Å². The number of amides is 2. The summed E-state index contributed by atoms with van der Waals surface area (Å²) in [7, 11) is 1.60. The molecule has 35 heavy (non-hydrogen) atoms. The Bertz CT molecular complexity index is 1460. The molecule has 1 aliphatic heterocycles. The van der Waals surface area contributed by atoms with Gasteiger partial charge in [0.25, 0.3) is 11.8 Å². The molecule has 2 heterocycles. The number of para-hydroxylation sites is 1. The van der Waals surface area contributed by atoms with Crippen LogP contribution >= 0.6 is 22.6 Å². The zero-order chi connectivity index (χ0) is 24.7. The number of carbonyl (C=O) groups excluding carboxylic acids is 2. The summed E-state index contributed by atoms with van der Waals surface area (Å²) < 4.78 is 1.07. The number of rotatable bonds is 5. The van der Waals surface area contributed by atoms with Crippen molar-refractivity contribution in [3.63, 3.8) is 0 Å². The number of aromatic nitrogens is 1. The Morgan fingerprint density at radius 1 is 1.09 bits per heavy atom. The first-order chi connectivity index (χ1) is 16.8. The third-order valence-electron chi connectivity index (χ3n) is 6.47. The van der Waals surface area contributed by atoms with Crippen LogP contribution in [-0.2, 0) is 16.9 Å². The van der Waals surface area contributed by atoms with Crippen molar-refractivity contribution in [1.29, 1.82) is 5.41 Å². The minimum Gasteiger partial charge on any atom is -0.351 e. The number of hydrogen-bond acceptors (Lipinski definition) is 3. The summed E-state index contributed by atoms with van der Waals surface area (Å²) in [6.45, 7) is 2.15. The van der Waals surface area contributed by atoms with Gasteiger partial charge in [0.2, 0.25) is 0 Å². The molecule has 1 aromatic heterocycles. The minimum atomic E-state index is -1.01. The molecule has 4 N–H and O–H groups in total. The van der Waals surface area contributed by atoms with Crippen LogP contribution in [0.25, 0.3) is 22.0 Å². The van der Waals surface area contributed by atoms with Gasteiger partial charge in [-0.3, -0.25) is 19.9 Å². The monoisotopic (exact) mass is 577 g/mol. The highest BCUT2D eigenvalue weighted by atomic mass is 127. The number of benzene rings is 3. The fourth-order valence-electron chi connectivity index (χ4n) is 4.44. The van der Waals surface area contributed by atoms with E-state index in [0.29, 0.717) is 12.2 Å². The molecule has 1 unspecified atom stereocenters. The Labute approximate surface area is 216 Å². The fraction of sp³-hybridized carbons (Fsp3) is 0.148. The Morgan fingerprint density at radius 2 is 1.89 bits per heavy atom.